The van der Waals surface area contributed by atoms with Crippen LogP contribution in [0.15, 0.2) is 44.1 Å². The molecule has 3 aromatic heterocycles. The maximum Gasteiger partial charge on any atom is 0.248 e. The quantitative estimate of drug-likeness (QED) is 0.716. The molecule has 0 aromatic carbocycles. The number of rotatable bonds is 6. The van der Waals surface area contributed by atoms with Crippen LogP contribution in [-0.4, -0.2) is 40.6 Å². The summed E-state index contributed by atoms with van der Waals surface area (Å²) in [5, 5.41) is 15.2. The van der Waals surface area contributed by atoms with Gasteiger partial charge in [0.05, 0.1) is 19.4 Å². The maximum absolute atomic E-state index is 12.1. The van der Waals surface area contributed by atoms with Crippen LogP contribution in [0.1, 0.15) is 30.4 Å². The Bertz CT molecular complexity index is 821. The van der Waals surface area contributed by atoms with E-state index in [-0.39, 0.29) is 11.8 Å². The van der Waals surface area contributed by atoms with Gasteiger partial charge in [-0.2, -0.15) is 11.3 Å². The summed E-state index contributed by atoms with van der Waals surface area (Å²) in [6.45, 7) is 2.51. The Balaban J connectivity index is 1.24. The molecule has 0 bridgehead atoms. The first-order chi connectivity index (χ1) is 12.8. The van der Waals surface area contributed by atoms with Crippen molar-refractivity contribution in [2.75, 3.05) is 19.6 Å². The number of amides is 1. The van der Waals surface area contributed by atoms with Gasteiger partial charge in [0.2, 0.25) is 17.7 Å². The molecule has 4 rings (SSSR count). The van der Waals surface area contributed by atoms with Gasteiger partial charge in [-0.15, -0.1) is 10.2 Å². The average molecular weight is 372 g/mol. The predicted octanol–water partition coefficient (Wildman–Crippen LogP) is 2.89. The minimum Gasteiger partial charge on any atom is -0.467 e. The lowest BCUT2D eigenvalue weighted by molar-refractivity contribution is -0.122. The third kappa shape index (κ3) is 4.03. The summed E-state index contributed by atoms with van der Waals surface area (Å²) in [5.74, 6) is 2.32. The van der Waals surface area contributed by atoms with Crippen molar-refractivity contribution in [3.63, 3.8) is 0 Å². The zero-order chi connectivity index (χ0) is 17.8. The fourth-order valence-corrected chi connectivity index (χ4v) is 3.73. The fraction of sp³-hybridized carbons (Fsp3) is 0.389. The van der Waals surface area contributed by atoms with E-state index < -0.39 is 0 Å². The number of carbonyl (C=O) groups excluding carboxylic acids is 1. The molecule has 4 heterocycles. The third-order valence-corrected chi connectivity index (χ3v) is 5.24. The number of nitrogens with zero attached hydrogens (tertiary/aromatic N) is 3. The van der Waals surface area contributed by atoms with Crippen molar-refractivity contribution < 1.29 is 13.6 Å². The lowest BCUT2D eigenvalue weighted by atomic mass is 9.97. The Morgan fingerprint density at radius 2 is 2.19 bits per heavy atom. The summed E-state index contributed by atoms with van der Waals surface area (Å²) in [6, 6.07) is 5.64. The predicted molar refractivity (Wildman–Crippen MR) is 96.6 cm³/mol. The average Bonchev–Trinajstić information content (AvgIpc) is 3.42. The molecule has 0 saturated carbocycles. The van der Waals surface area contributed by atoms with Crippen LogP contribution in [0, 0.1) is 0 Å². The van der Waals surface area contributed by atoms with Gasteiger partial charge in [-0.3, -0.25) is 9.69 Å². The number of thiophene rings is 1. The second-order valence-electron chi connectivity index (χ2n) is 6.36. The normalized spacial score (nSPS) is 16.0. The monoisotopic (exact) mass is 372 g/mol. The number of hydrogen-bond acceptors (Lipinski definition) is 7. The van der Waals surface area contributed by atoms with Gasteiger partial charge in [0.15, 0.2) is 0 Å². The summed E-state index contributed by atoms with van der Waals surface area (Å²) in [5.41, 5.74) is 0.972. The molecule has 1 amide bonds. The van der Waals surface area contributed by atoms with E-state index in [0.29, 0.717) is 24.9 Å². The summed E-state index contributed by atoms with van der Waals surface area (Å²) in [6.07, 6.45) is 3.43. The summed E-state index contributed by atoms with van der Waals surface area (Å²) in [4.78, 5) is 14.2. The van der Waals surface area contributed by atoms with Crippen molar-refractivity contribution in [2.24, 2.45) is 0 Å². The Morgan fingerprint density at radius 3 is 2.92 bits per heavy atom. The number of furan rings is 1. The maximum atomic E-state index is 12.1. The third-order valence-electron chi connectivity index (χ3n) is 4.55. The van der Waals surface area contributed by atoms with Gasteiger partial charge in [-0.05, 0) is 49.5 Å². The van der Waals surface area contributed by atoms with E-state index in [0.717, 1.165) is 37.3 Å². The molecule has 0 atom stereocenters. The first-order valence-corrected chi connectivity index (χ1v) is 9.59. The van der Waals surface area contributed by atoms with E-state index in [1.165, 1.54) is 0 Å². The van der Waals surface area contributed by atoms with E-state index in [1.54, 1.807) is 17.6 Å². The van der Waals surface area contributed by atoms with Gasteiger partial charge in [-0.25, -0.2) is 0 Å². The van der Waals surface area contributed by atoms with Crippen molar-refractivity contribution in [2.45, 2.75) is 25.3 Å². The molecule has 1 aliphatic rings. The minimum absolute atomic E-state index is 0.0115. The molecule has 26 heavy (non-hydrogen) atoms. The van der Waals surface area contributed by atoms with E-state index in [2.05, 4.69) is 20.4 Å². The molecule has 0 unspecified atom stereocenters. The summed E-state index contributed by atoms with van der Waals surface area (Å²) >= 11 is 1.61. The van der Waals surface area contributed by atoms with Gasteiger partial charge in [0.25, 0.3) is 0 Å². The highest BCUT2D eigenvalue weighted by Crippen LogP contribution is 2.29. The molecule has 0 spiro atoms. The highest BCUT2D eigenvalue weighted by atomic mass is 32.1. The minimum atomic E-state index is 0.0115. The topological polar surface area (TPSA) is 84.4 Å². The SMILES string of the molecule is O=C(CN1CCC(c2nnc(-c3ccsc3)o2)CC1)NCc1ccco1. The van der Waals surface area contributed by atoms with Crippen molar-refractivity contribution in [3.05, 3.63) is 46.9 Å². The molecule has 136 valence electrons. The number of carbonyl (C=O) groups is 1. The van der Waals surface area contributed by atoms with Crippen LogP contribution in [-0.2, 0) is 11.3 Å². The van der Waals surface area contributed by atoms with Gasteiger partial charge in [-0.1, -0.05) is 0 Å². The highest BCUT2D eigenvalue weighted by molar-refractivity contribution is 7.08. The molecule has 1 fully saturated rings. The lowest BCUT2D eigenvalue weighted by Crippen LogP contribution is -2.41. The molecule has 1 saturated heterocycles. The molecule has 3 aromatic rings. The van der Waals surface area contributed by atoms with Crippen LogP contribution in [0.2, 0.25) is 0 Å². The molecular formula is C18H20N4O3S. The summed E-state index contributed by atoms with van der Waals surface area (Å²) in [7, 11) is 0. The van der Waals surface area contributed by atoms with E-state index in [4.69, 9.17) is 8.83 Å². The lowest BCUT2D eigenvalue weighted by Gasteiger charge is -2.29. The van der Waals surface area contributed by atoms with Crippen LogP contribution >= 0.6 is 11.3 Å². The molecule has 7 nitrogen and oxygen atoms in total. The molecular weight excluding hydrogens is 352 g/mol. The van der Waals surface area contributed by atoms with Crippen LogP contribution in [0.25, 0.3) is 11.5 Å². The van der Waals surface area contributed by atoms with Crippen molar-refractivity contribution >= 4 is 17.2 Å². The summed E-state index contributed by atoms with van der Waals surface area (Å²) < 4.78 is 11.1. The van der Waals surface area contributed by atoms with E-state index in [9.17, 15) is 4.79 Å². The van der Waals surface area contributed by atoms with E-state index >= 15 is 0 Å². The van der Waals surface area contributed by atoms with Crippen molar-refractivity contribution in [3.8, 4) is 11.5 Å². The van der Waals surface area contributed by atoms with Crippen molar-refractivity contribution in [1.82, 2.24) is 20.4 Å². The number of aromatic nitrogens is 2. The second kappa shape index (κ2) is 7.84. The molecule has 1 N–H and O–H groups in total. The second-order valence-corrected chi connectivity index (χ2v) is 7.14. The zero-order valence-electron chi connectivity index (χ0n) is 14.3. The zero-order valence-corrected chi connectivity index (χ0v) is 15.1. The standard InChI is InChI=1S/C18H20N4O3S/c23-16(19-10-15-2-1-8-24-15)11-22-6-3-13(4-7-22)17-20-21-18(25-17)14-5-9-26-12-14/h1-2,5,8-9,12-13H,3-4,6-7,10-11H2,(H,19,23). The van der Waals surface area contributed by atoms with Gasteiger partial charge in [0, 0.05) is 16.9 Å². The van der Waals surface area contributed by atoms with Crippen molar-refractivity contribution in [1.29, 1.82) is 0 Å². The Hall–Kier alpha value is -2.45. The van der Waals surface area contributed by atoms with Crippen LogP contribution in [0.5, 0.6) is 0 Å². The number of hydrogen-bond donors (Lipinski definition) is 1. The van der Waals surface area contributed by atoms with Gasteiger partial charge < -0.3 is 14.2 Å². The highest BCUT2D eigenvalue weighted by Gasteiger charge is 2.26. The van der Waals surface area contributed by atoms with Gasteiger partial charge >= 0.3 is 0 Å². The van der Waals surface area contributed by atoms with E-state index in [1.807, 2.05) is 29.0 Å². The molecule has 0 aliphatic carbocycles. The van der Waals surface area contributed by atoms with Crippen LogP contribution in [0.4, 0.5) is 0 Å². The molecule has 0 radical (unpaired) electrons. The first kappa shape index (κ1) is 17.0. The first-order valence-electron chi connectivity index (χ1n) is 8.65. The molecule has 1 aliphatic heterocycles. The van der Waals surface area contributed by atoms with Gasteiger partial charge in [0.1, 0.15) is 5.76 Å². The Morgan fingerprint density at radius 1 is 1.31 bits per heavy atom. The van der Waals surface area contributed by atoms with Crippen LogP contribution < -0.4 is 5.32 Å². The number of nitrogens with one attached hydrogen (secondary N) is 1. The van der Waals surface area contributed by atoms with Crippen LogP contribution in [0.3, 0.4) is 0 Å². The number of piperidine rings is 1. The number of likely N-dealkylation sites (tertiary alicyclic amines) is 1. The molecule has 8 heteroatoms. The Kier molecular flexibility index (Phi) is 5.12. The Labute approximate surface area is 155 Å². The largest absolute Gasteiger partial charge is 0.467 e. The smallest absolute Gasteiger partial charge is 0.248 e. The fourth-order valence-electron chi connectivity index (χ4n) is 3.10.